The molecule has 1 aliphatic carbocycles. The second-order valence-electron chi connectivity index (χ2n) is 6.97. The fourth-order valence-corrected chi connectivity index (χ4v) is 4.22. The first-order chi connectivity index (χ1) is 11.6. The van der Waals surface area contributed by atoms with Gasteiger partial charge < -0.3 is 10.6 Å². The second kappa shape index (κ2) is 6.23. The Labute approximate surface area is 148 Å². The van der Waals surface area contributed by atoms with Crippen molar-refractivity contribution < 1.29 is 0 Å². The molecule has 2 heterocycles. The number of piperidine rings is 1. The minimum atomic E-state index is 0.302. The summed E-state index contributed by atoms with van der Waals surface area (Å²) in [5.41, 5.74) is 11.5. The molecule has 1 aliphatic heterocycles. The van der Waals surface area contributed by atoms with Gasteiger partial charge in [0, 0.05) is 10.9 Å². The zero-order chi connectivity index (χ0) is 16.7. The number of nitrogens with zero attached hydrogens (tertiary/aromatic N) is 2. The molecule has 1 atom stereocenters. The molecule has 1 unspecified atom stereocenters. The Bertz CT molecular complexity index is 736. The quantitative estimate of drug-likeness (QED) is 0.843. The Balaban J connectivity index is 1.85. The van der Waals surface area contributed by atoms with Crippen molar-refractivity contribution in [2.45, 2.75) is 18.8 Å². The average molecular weight is 340 g/mol. The third-order valence-electron chi connectivity index (χ3n) is 5.33. The number of benzene rings is 1. The molecule has 24 heavy (non-hydrogen) atoms. The summed E-state index contributed by atoms with van der Waals surface area (Å²) < 4.78 is 0. The summed E-state index contributed by atoms with van der Waals surface area (Å²) in [5.74, 6) is 0.896. The van der Waals surface area contributed by atoms with Crippen molar-refractivity contribution in [2.75, 3.05) is 25.9 Å². The predicted octanol–water partition coefficient (Wildman–Crippen LogP) is 4.27. The van der Waals surface area contributed by atoms with E-state index < -0.39 is 0 Å². The summed E-state index contributed by atoms with van der Waals surface area (Å²) in [5, 5.41) is 0.777. The molecule has 0 radical (unpaired) electrons. The maximum atomic E-state index is 6.24. The highest BCUT2D eigenvalue weighted by Crippen LogP contribution is 2.43. The van der Waals surface area contributed by atoms with Gasteiger partial charge in [0.25, 0.3) is 0 Å². The minimum Gasteiger partial charge on any atom is -0.397 e. The molecule has 2 aliphatic rings. The Morgan fingerprint density at radius 3 is 2.67 bits per heavy atom. The van der Waals surface area contributed by atoms with E-state index in [1.165, 1.54) is 24.0 Å². The summed E-state index contributed by atoms with van der Waals surface area (Å²) >= 11 is 6.24. The molecular formula is C20H22ClN3. The lowest BCUT2D eigenvalue weighted by Gasteiger charge is -2.35. The molecule has 2 N–H and O–H groups in total. The van der Waals surface area contributed by atoms with Gasteiger partial charge in [0.1, 0.15) is 0 Å². The highest BCUT2D eigenvalue weighted by molar-refractivity contribution is 6.30. The van der Waals surface area contributed by atoms with Crippen LogP contribution >= 0.6 is 11.6 Å². The van der Waals surface area contributed by atoms with Gasteiger partial charge in [-0.3, -0.25) is 4.98 Å². The van der Waals surface area contributed by atoms with Gasteiger partial charge in [0.05, 0.1) is 17.6 Å². The highest BCUT2D eigenvalue weighted by atomic mass is 35.5. The Hall–Kier alpha value is -1.84. The van der Waals surface area contributed by atoms with Crippen molar-refractivity contribution >= 4 is 29.4 Å². The normalized spacial score (nSPS) is 21.2. The lowest BCUT2D eigenvalue weighted by Crippen LogP contribution is -2.33. The number of aromatic nitrogens is 1. The number of hydrogen-bond acceptors (Lipinski definition) is 3. The Morgan fingerprint density at radius 2 is 1.88 bits per heavy atom. The van der Waals surface area contributed by atoms with Crippen LogP contribution in [0.25, 0.3) is 12.2 Å². The lowest BCUT2D eigenvalue weighted by atomic mass is 9.76. The van der Waals surface area contributed by atoms with Gasteiger partial charge in [-0.1, -0.05) is 29.8 Å². The molecule has 4 rings (SSSR count). The van der Waals surface area contributed by atoms with E-state index in [1.807, 2.05) is 12.1 Å². The zero-order valence-corrected chi connectivity index (χ0v) is 14.6. The van der Waals surface area contributed by atoms with E-state index in [9.17, 15) is 0 Å². The highest BCUT2D eigenvalue weighted by Gasteiger charge is 2.32. The molecule has 1 aromatic carbocycles. The van der Waals surface area contributed by atoms with E-state index in [0.717, 1.165) is 29.4 Å². The van der Waals surface area contributed by atoms with Gasteiger partial charge >= 0.3 is 0 Å². The van der Waals surface area contributed by atoms with Gasteiger partial charge in [-0.2, -0.15) is 0 Å². The standard InChI is InChI=1S/C20H22ClN3/c1-24-8-6-13(7-9-24)19-18-5-4-16(21)10-14(18)2-3-15-11-17(22)12-23-20(15)19/h2-5,10-13,19H,6-9,22H2,1H3. The van der Waals surface area contributed by atoms with Gasteiger partial charge in [-0.05, 0) is 73.8 Å². The van der Waals surface area contributed by atoms with Crippen molar-refractivity contribution in [1.82, 2.24) is 9.88 Å². The van der Waals surface area contributed by atoms with Crippen LogP contribution in [0.2, 0.25) is 5.02 Å². The van der Waals surface area contributed by atoms with E-state index in [-0.39, 0.29) is 0 Å². The van der Waals surface area contributed by atoms with Gasteiger partial charge in [-0.15, -0.1) is 0 Å². The maximum absolute atomic E-state index is 6.24. The van der Waals surface area contributed by atoms with Crippen LogP contribution in [-0.4, -0.2) is 30.0 Å². The first-order valence-electron chi connectivity index (χ1n) is 8.53. The number of nitrogen functional groups attached to an aromatic ring is 1. The summed E-state index contributed by atoms with van der Waals surface area (Å²) in [6.45, 7) is 2.28. The summed E-state index contributed by atoms with van der Waals surface area (Å²) in [6, 6.07) is 8.27. The fourth-order valence-electron chi connectivity index (χ4n) is 4.04. The fraction of sp³-hybridized carbons (Fsp3) is 0.350. The van der Waals surface area contributed by atoms with Crippen LogP contribution < -0.4 is 5.73 Å². The van der Waals surface area contributed by atoms with Crippen molar-refractivity contribution in [1.29, 1.82) is 0 Å². The SMILES string of the molecule is CN1CCC(C2c3ccc(Cl)cc3C=Cc3cc(N)cnc32)CC1. The summed E-state index contributed by atoms with van der Waals surface area (Å²) in [7, 11) is 2.20. The topological polar surface area (TPSA) is 42.1 Å². The number of halogens is 1. The zero-order valence-electron chi connectivity index (χ0n) is 13.9. The van der Waals surface area contributed by atoms with Crippen LogP contribution in [0.1, 0.15) is 41.1 Å². The van der Waals surface area contributed by atoms with Crippen LogP contribution in [-0.2, 0) is 0 Å². The third-order valence-corrected chi connectivity index (χ3v) is 5.56. The van der Waals surface area contributed by atoms with Crippen LogP contribution in [0.4, 0.5) is 5.69 Å². The van der Waals surface area contributed by atoms with Gasteiger partial charge in [0.2, 0.25) is 0 Å². The van der Waals surface area contributed by atoms with Crippen LogP contribution in [0.3, 0.4) is 0 Å². The number of fused-ring (bicyclic) bond motifs is 2. The molecule has 2 aromatic rings. The number of anilines is 1. The number of nitrogens with two attached hydrogens (primary N) is 1. The largest absolute Gasteiger partial charge is 0.397 e. The molecule has 124 valence electrons. The molecule has 0 saturated carbocycles. The lowest BCUT2D eigenvalue weighted by molar-refractivity contribution is 0.206. The molecule has 0 bridgehead atoms. The number of pyridine rings is 1. The van der Waals surface area contributed by atoms with Crippen LogP contribution in [0.5, 0.6) is 0 Å². The molecular weight excluding hydrogens is 318 g/mol. The molecule has 1 aromatic heterocycles. The molecule has 3 nitrogen and oxygen atoms in total. The van der Waals surface area contributed by atoms with Gasteiger partial charge in [0.15, 0.2) is 0 Å². The minimum absolute atomic E-state index is 0.302. The van der Waals surface area contributed by atoms with Crippen LogP contribution in [0.15, 0.2) is 30.5 Å². The first kappa shape index (κ1) is 15.7. The van der Waals surface area contributed by atoms with E-state index in [2.05, 4.69) is 36.2 Å². The summed E-state index contributed by atoms with van der Waals surface area (Å²) in [4.78, 5) is 7.16. The number of hydrogen-bond donors (Lipinski definition) is 1. The molecule has 4 heteroatoms. The Kier molecular flexibility index (Phi) is 4.07. The van der Waals surface area contributed by atoms with E-state index in [4.69, 9.17) is 22.3 Å². The predicted molar refractivity (Wildman–Crippen MR) is 101 cm³/mol. The maximum Gasteiger partial charge on any atom is 0.0555 e. The van der Waals surface area contributed by atoms with Crippen LogP contribution in [0, 0.1) is 5.92 Å². The van der Waals surface area contributed by atoms with E-state index >= 15 is 0 Å². The Morgan fingerprint density at radius 1 is 1.12 bits per heavy atom. The van der Waals surface area contributed by atoms with Gasteiger partial charge in [-0.25, -0.2) is 0 Å². The van der Waals surface area contributed by atoms with Crippen molar-refractivity contribution in [2.24, 2.45) is 5.92 Å². The van der Waals surface area contributed by atoms with E-state index in [0.29, 0.717) is 17.5 Å². The summed E-state index contributed by atoms with van der Waals surface area (Å²) in [6.07, 6.45) is 8.44. The van der Waals surface area contributed by atoms with Crippen molar-refractivity contribution in [3.8, 4) is 0 Å². The monoisotopic (exact) mass is 339 g/mol. The number of rotatable bonds is 1. The second-order valence-corrected chi connectivity index (χ2v) is 7.40. The first-order valence-corrected chi connectivity index (χ1v) is 8.91. The third kappa shape index (κ3) is 2.83. The van der Waals surface area contributed by atoms with Crippen molar-refractivity contribution in [3.63, 3.8) is 0 Å². The molecule has 0 amide bonds. The molecule has 1 saturated heterocycles. The average Bonchev–Trinajstić information content (AvgIpc) is 2.72. The van der Waals surface area contributed by atoms with Crippen molar-refractivity contribution in [3.05, 3.63) is 57.9 Å². The smallest absolute Gasteiger partial charge is 0.0555 e. The molecule has 0 spiro atoms. The number of likely N-dealkylation sites (tertiary alicyclic amines) is 1. The van der Waals surface area contributed by atoms with E-state index in [1.54, 1.807) is 6.20 Å². The molecule has 1 fully saturated rings.